The van der Waals surface area contributed by atoms with Gasteiger partial charge in [-0.25, -0.2) is 4.79 Å². The molecular weight excluding hydrogens is 304 g/mol. The second-order valence-electron chi connectivity index (χ2n) is 5.89. The molecule has 0 unspecified atom stereocenters. The van der Waals surface area contributed by atoms with Crippen molar-refractivity contribution in [1.82, 2.24) is 9.80 Å². The van der Waals surface area contributed by atoms with Crippen LogP contribution in [0.1, 0.15) is 19.4 Å². The van der Waals surface area contributed by atoms with Crippen molar-refractivity contribution in [3.05, 3.63) is 29.8 Å². The first-order chi connectivity index (χ1) is 10.1. The number of urea groups is 1. The number of benzene rings is 1. The van der Waals surface area contributed by atoms with E-state index in [1.807, 2.05) is 19.9 Å². The van der Waals surface area contributed by atoms with Crippen LogP contribution in [0, 0.1) is 5.92 Å². The predicted molar refractivity (Wildman–Crippen MR) is 86.2 cm³/mol. The maximum absolute atomic E-state index is 12.2. The summed E-state index contributed by atoms with van der Waals surface area (Å²) in [4.78, 5) is 15.5. The summed E-state index contributed by atoms with van der Waals surface area (Å²) in [7, 11) is -0.146. The van der Waals surface area contributed by atoms with Gasteiger partial charge < -0.3 is 14.0 Å². The van der Waals surface area contributed by atoms with Gasteiger partial charge in [-0.1, -0.05) is 26.0 Å². The maximum atomic E-state index is 12.2. The highest BCUT2D eigenvalue weighted by molar-refractivity contribution is 7.86. The van der Waals surface area contributed by atoms with E-state index in [1.54, 1.807) is 37.2 Å². The van der Waals surface area contributed by atoms with Crippen LogP contribution in [0.2, 0.25) is 0 Å². The van der Waals surface area contributed by atoms with Gasteiger partial charge >= 0.3 is 16.1 Å². The normalized spacial score (nSPS) is 11.4. The molecule has 0 aliphatic rings. The molecule has 22 heavy (non-hydrogen) atoms. The van der Waals surface area contributed by atoms with Crippen molar-refractivity contribution in [3.8, 4) is 5.75 Å². The summed E-state index contributed by atoms with van der Waals surface area (Å²) in [6.45, 7) is 5.10. The van der Waals surface area contributed by atoms with Crippen LogP contribution in [0.5, 0.6) is 5.75 Å². The summed E-state index contributed by atoms with van der Waals surface area (Å²) >= 11 is 0. The predicted octanol–water partition coefficient (Wildman–Crippen LogP) is 2.16. The number of hydrogen-bond acceptors (Lipinski definition) is 4. The zero-order valence-corrected chi connectivity index (χ0v) is 14.6. The standard InChI is InChI=1S/C15H24N2O4S/c1-12(2)10-17(15(18)16(3)4)11-13-7-6-8-14(9-13)21-22(5,19)20/h6-9,12H,10-11H2,1-5H3. The molecule has 1 aromatic rings. The molecule has 0 bridgehead atoms. The highest BCUT2D eigenvalue weighted by Crippen LogP contribution is 2.17. The Morgan fingerprint density at radius 3 is 2.41 bits per heavy atom. The Labute approximate surface area is 132 Å². The summed E-state index contributed by atoms with van der Waals surface area (Å²) < 4.78 is 27.2. The van der Waals surface area contributed by atoms with Gasteiger partial charge in [-0.15, -0.1) is 0 Å². The van der Waals surface area contributed by atoms with E-state index in [2.05, 4.69) is 0 Å². The Morgan fingerprint density at radius 2 is 1.91 bits per heavy atom. The van der Waals surface area contributed by atoms with Crippen molar-refractivity contribution >= 4 is 16.1 Å². The number of amides is 2. The molecule has 0 atom stereocenters. The van der Waals surface area contributed by atoms with Crippen LogP contribution in [0.25, 0.3) is 0 Å². The number of carbonyl (C=O) groups excluding carboxylic acids is 1. The number of carbonyl (C=O) groups is 1. The summed E-state index contributed by atoms with van der Waals surface area (Å²) in [5.41, 5.74) is 0.817. The molecule has 0 radical (unpaired) electrons. The van der Waals surface area contributed by atoms with Crippen molar-refractivity contribution in [1.29, 1.82) is 0 Å². The molecule has 0 fully saturated rings. The van der Waals surface area contributed by atoms with Crippen molar-refractivity contribution in [2.45, 2.75) is 20.4 Å². The first-order valence-corrected chi connectivity index (χ1v) is 8.84. The van der Waals surface area contributed by atoms with Crippen LogP contribution in [0.4, 0.5) is 4.79 Å². The molecule has 0 saturated carbocycles. The molecule has 6 nitrogen and oxygen atoms in total. The van der Waals surface area contributed by atoms with Gasteiger partial charge in [-0.05, 0) is 23.6 Å². The van der Waals surface area contributed by atoms with Gasteiger partial charge in [0.05, 0.1) is 6.26 Å². The van der Waals surface area contributed by atoms with E-state index in [1.165, 1.54) is 4.90 Å². The third kappa shape index (κ3) is 6.34. The second kappa shape index (κ2) is 7.49. The van der Waals surface area contributed by atoms with Gasteiger partial charge in [0.2, 0.25) is 0 Å². The van der Waals surface area contributed by atoms with Gasteiger partial charge in [-0.2, -0.15) is 8.42 Å². The van der Waals surface area contributed by atoms with Crippen LogP contribution in [0.15, 0.2) is 24.3 Å². The lowest BCUT2D eigenvalue weighted by atomic mass is 10.1. The molecule has 2 amide bonds. The Morgan fingerprint density at radius 1 is 1.27 bits per heavy atom. The topological polar surface area (TPSA) is 66.9 Å². The van der Waals surface area contributed by atoms with E-state index in [4.69, 9.17) is 4.18 Å². The van der Waals surface area contributed by atoms with E-state index < -0.39 is 10.1 Å². The minimum absolute atomic E-state index is 0.0804. The smallest absolute Gasteiger partial charge is 0.319 e. The fourth-order valence-corrected chi connectivity index (χ4v) is 2.48. The zero-order chi connectivity index (χ0) is 16.9. The van der Waals surface area contributed by atoms with E-state index >= 15 is 0 Å². The lowest BCUT2D eigenvalue weighted by Crippen LogP contribution is -2.40. The molecule has 124 valence electrons. The molecule has 7 heteroatoms. The summed E-state index contributed by atoms with van der Waals surface area (Å²) in [6.07, 6.45) is 1.00. The lowest BCUT2D eigenvalue weighted by Gasteiger charge is -2.27. The first-order valence-electron chi connectivity index (χ1n) is 7.03. The van der Waals surface area contributed by atoms with Gasteiger partial charge in [0.25, 0.3) is 0 Å². The quantitative estimate of drug-likeness (QED) is 0.751. The molecule has 0 aliphatic heterocycles. The fraction of sp³-hybridized carbons (Fsp3) is 0.533. The largest absolute Gasteiger partial charge is 0.383 e. The first kappa shape index (κ1) is 18.3. The van der Waals surface area contributed by atoms with Gasteiger partial charge in [0.1, 0.15) is 5.75 Å². The average molecular weight is 328 g/mol. The maximum Gasteiger partial charge on any atom is 0.319 e. The minimum Gasteiger partial charge on any atom is -0.383 e. The number of hydrogen-bond donors (Lipinski definition) is 0. The van der Waals surface area contributed by atoms with Gasteiger partial charge in [0.15, 0.2) is 0 Å². The molecule has 0 saturated heterocycles. The Hall–Kier alpha value is -1.76. The van der Waals surface area contributed by atoms with E-state index in [-0.39, 0.29) is 11.8 Å². The van der Waals surface area contributed by atoms with Gasteiger partial charge in [0, 0.05) is 27.2 Å². The summed E-state index contributed by atoms with van der Waals surface area (Å²) in [6, 6.07) is 6.68. The fourth-order valence-electron chi connectivity index (χ4n) is 2.02. The van der Waals surface area contributed by atoms with Gasteiger partial charge in [-0.3, -0.25) is 0 Å². The average Bonchev–Trinajstić information content (AvgIpc) is 2.34. The molecule has 1 aromatic carbocycles. The van der Waals surface area contributed by atoms with Crippen LogP contribution >= 0.6 is 0 Å². The third-order valence-electron chi connectivity index (χ3n) is 2.76. The van der Waals surface area contributed by atoms with Crippen LogP contribution in [0.3, 0.4) is 0 Å². The summed E-state index contributed by atoms with van der Waals surface area (Å²) in [5.74, 6) is 0.584. The zero-order valence-electron chi connectivity index (χ0n) is 13.7. The van der Waals surface area contributed by atoms with E-state index in [0.29, 0.717) is 19.0 Å². The molecule has 0 spiro atoms. The molecule has 0 aromatic heterocycles. The van der Waals surface area contributed by atoms with Crippen molar-refractivity contribution in [3.63, 3.8) is 0 Å². The Bertz CT molecular complexity index is 612. The molecule has 0 heterocycles. The van der Waals surface area contributed by atoms with Crippen molar-refractivity contribution < 1.29 is 17.4 Å². The SMILES string of the molecule is CC(C)CN(Cc1cccc(OS(C)(=O)=O)c1)C(=O)N(C)C. The van der Waals surface area contributed by atoms with Crippen molar-refractivity contribution in [2.75, 3.05) is 26.9 Å². The number of nitrogens with zero attached hydrogens (tertiary/aromatic N) is 2. The molecule has 0 aliphatic carbocycles. The van der Waals surface area contributed by atoms with E-state index in [0.717, 1.165) is 11.8 Å². The van der Waals surface area contributed by atoms with Crippen LogP contribution < -0.4 is 4.18 Å². The minimum atomic E-state index is -3.56. The lowest BCUT2D eigenvalue weighted by molar-refractivity contribution is 0.161. The summed E-state index contributed by atoms with van der Waals surface area (Å²) in [5, 5.41) is 0. The Kier molecular flexibility index (Phi) is 6.22. The molecular formula is C15H24N2O4S. The third-order valence-corrected chi connectivity index (χ3v) is 3.25. The molecule has 0 N–H and O–H groups in total. The number of rotatable bonds is 6. The van der Waals surface area contributed by atoms with Crippen molar-refractivity contribution in [2.24, 2.45) is 5.92 Å². The molecule has 1 rings (SSSR count). The second-order valence-corrected chi connectivity index (χ2v) is 7.46. The highest BCUT2D eigenvalue weighted by Gasteiger charge is 2.17. The monoisotopic (exact) mass is 328 g/mol. The Balaban J connectivity index is 2.93. The highest BCUT2D eigenvalue weighted by atomic mass is 32.2. The van der Waals surface area contributed by atoms with E-state index in [9.17, 15) is 13.2 Å². The van der Waals surface area contributed by atoms with Crippen LogP contribution in [-0.4, -0.2) is 51.1 Å². The van der Waals surface area contributed by atoms with Crippen LogP contribution in [-0.2, 0) is 16.7 Å².